The molecule has 0 aliphatic carbocycles. The molecule has 2 aromatic carbocycles. The molecule has 0 bridgehead atoms. The number of fused-ring (bicyclic) bond motifs is 2. The molecule has 5 aromatic rings. The summed E-state index contributed by atoms with van der Waals surface area (Å²) in [4.78, 5) is 17.4. The molecule has 8 nitrogen and oxygen atoms in total. The largest absolute Gasteiger partial charge is 0.491 e. The van der Waals surface area contributed by atoms with E-state index in [2.05, 4.69) is 27.5 Å². The van der Waals surface area contributed by atoms with Gasteiger partial charge in [0.25, 0.3) is 5.91 Å². The fourth-order valence-corrected chi connectivity index (χ4v) is 3.74. The van der Waals surface area contributed by atoms with Gasteiger partial charge in [-0.05, 0) is 23.8 Å². The molecule has 33 heavy (non-hydrogen) atoms. The lowest BCUT2D eigenvalue weighted by Gasteiger charge is -2.09. The summed E-state index contributed by atoms with van der Waals surface area (Å²) >= 11 is 0. The van der Waals surface area contributed by atoms with E-state index in [0.717, 1.165) is 16.5 Å². The quantitative estimate of drug-likeness (QED) is 0.368. The molecule has 166 valence electrons. The van der Waals surface area contributed by atoms with Gasteiger partial charge in [0.1, 0.15) is 23.7 Å². The fraction of sp³-hybridized carbons (Fsp3) is 0.160. The minimum absolute atomic E-state index is 0.251. The van der Waals surface area contributed by atoms with Crippen molar-refractivity contribution in [3.63, 3.8) is 0 Å². The van der Waals surface area contributed by atoms with E-state index in [9.17, 15) is 4.79 Å². The van der Waals surface area contributed by atoms with Crippen LogP contribution in [0.5, 0.6) is 5.75 Å². The monoisotopic (exact) mass is 441 g/mol. The SMILES string of the molecule is COCCOc1ccn2c(C(=O)Nc3cccc4c3cnn4Cc3ccccc3)cnc2c1. The summed E-state index contributed by atoms with van der Waals surface area (Å²) in [6.07, 6.45) is 5.12. The van der Waals surface area contributed by atoms with Gasteiger partial charge in [-0.25, -0.2) is 4.98 Å². The third-order valence-electron chi connectivity index (χ3n) is 5.38. The zero-order valence-electron chi connectivity index (χ0n) is 18.1. The molecule has 1 amide bonds. The number of benzene rings is 2. The van der Waals surface area contributed by atoms with Gasteiger partial charge >= 0.3 is 0 Å². The van der Waals surface area contributed by atoms with Gasteiger partial charge in [0.05, 0.1) is 36.7 Å². The van der Waals surface area contributed by atoms with Crippen molar-refractivity contribution < 1.29 is 14.3 Å². The van der Waals surface area contributed by atoms with Crippen molar-refractivity contribution in [3.8, 4) is 5.75 Å². The number of hydrogen-bond donors (Lipinski definition) is 1. The number of anilines is 1. The molecule has 0 aliphatic rings. The number of aromatic nitrogens is 4. The molecule has 8 heteroatoms. The summed E-state index contributed by atoms with van der Waals surface area (Å²) in [5.74, 6) is 0.423. The number of carbonyl (C=O) groups is 1. The maximum atomic E-state index is 13.1. The zero-order chi connectivity index (χ0) is 22.6. The molecule has 0 radical (unpaired) electrons. The predicted molar refractivity (Wildman–Crippen MR) is 126 cm³/mol. The molecule has 3 heterocycles. The first-order chi connectivity index (χ1) is 16.2. The molecule has 0 saturated heterocycles. The van der Waals surface area contributed by atoms with E-state index in [1.165, 1.54) is 0 Å². The summed E-state index contributed by atoms with van der Waals surface area (Å²) in [5, 5.41) is 8.43. The Bertz CT molecular complexity index is 1410. The highest BCUT2D eigenvalue weighted by Crippen LogP contribution is 2.25. The van der Waals surface area contributed by atoms with Crippen molar-refractivity contribution in [2.45, 2.75) is 6.54 Å². The highest BCUT2D eigenvalue weighted by molar-refractivity contribution is 6.08. The van der Waals surface area contributed by atoms with E-state index in [1.54, 1.807) is 42.2 Å². The number of nitrogens with one attached hydrogen (secondary N) is 1. The maximum Gasteiger partial charge on any atom is 0.274 e. The Morgan fingerprint density at radius 3 is 2.76 bits per heavy atom. The molecular formula is C25H23N5O3. The van der Waals surface area contributed by atoms with Gasteiger partial charge in [-0.1, -0.05) is 36.4 Å². The average molecular weight is 441 g/mol. The molecular weight excluding hydrogens is 418 g/mol. The van der Waals surface area contributed by atoms with Crippen LogP contribution >= 0.6 is 0 Å². The van der Waals surface area contributed by atoms with E-state index in [-0.39, 0.29) is 5.91 Å². The van der Waals surface area contributed by atoms with E-state index in [4.69, 9.17) is 9.47 Å². The number of nitrogens with zero attached hydrogens (tertiary/aromatic N) is 4. The van der Waals surface area contributed by atoms with Crippen LogP contribution in [0.3, 0.4) is 0 Å². The fourth-order valence-electron chi connectivity index (χ4n) is 3.74. The molecule has 3 aromatic heterocycles. The van der Waals surface area contributed by atoms with Crippen molar-refractivity contribution in [3.05, 3.63) is 90.5 Å². The van der Waals surface area contributed by atoms with Gasteiger partial charge in [-0.2, -0.15) is 5.10 Å². The lowest BCUT2D eigenvalue weighted by atomic mass is 10.2. The maximum absolute atomic E-state index is 13.1. The zero-order valence-corrected chi connectivity index (χ0v) is 18.1. The van der Waals surface area contributed by atoms with Gasteiger partial charge in [-0.15, -0.1) is 0 Å². The van der Waals surface area contributed by atoms with Crippen LogP contribution < -0.4 is 10.1 Å². The van der Waals surface area contributed by atoms with Crippen molar-refractivity contribution >= 4 is 28.1 Å². The first-order valence-electron chi connectivity index (χ1n) is 10.6. The second-order valence-corrected chi connectivity index (χ2v) is 7.56. The highest BCUT2D eigenvalue weighted by Gasteiger charge is 2.15. The Balaban J connectivity index is 1.37. The summed E-state index contributed by atoms with van der Waals surface area (Å²) in [6.45, 7) is 1.60. The second kappa shape index (κ2) is 9.13. The van der Waals surface area contributed by atoms with Crippen molar-refractivity contribution in [2.24, 2.45) is 0 Å². The second-order valence-electron chi connectivity index (χ2n) is 7.56. The first-order valence-corrected chi connectivity index (χ1v) is 10.6. The number of carbonyl (C=O) groups excluding carboxylic acids is 1. The van der Waals surface area contributed by atoms with E-state index in [1.807, 2.05) is 41.1 Å². The summed E-state index contributed by atoms with van der Waals surface area (Å²) in [7, 11) is 1.63. The van der Waals surface area contributed by atoms with Crippen LogP contribution in [0.25, 0.3) is 16.6 Å². The molecule has 1 N–H and O–H groups in total. The first kappa shape index (κ1) is 20.7. The van der Waals surface area contributed by atoms with Crippen molar-refractivity contribution in [2.75, 3.05) is 25.6 Å². The summed E-state index contributed by atoms with van der Waals surface area (Å²) < 4.78 is 14.3. The van der Waals surface area contributed by atoms with Gasteiger partial charge < -0.3 is 14.8 Å². The third-order valence-corrected chi connectivity index (χ3v) is 5.38. The summed E-state index contributed by atoms with van der Waals surface area (Å²) in [5.41, 5.74) is 3.87. The Hall–Kier alpha value is -4.17. The standard InChI is InChI=1S/C25H23N5O3/c1-32-12-13-33-19-10-11-29-23(16-26-24(29)14-19)25(31)28-21-8-5-9-22-20(21)15-27-30(22)17-18-6-3-2-4-7-18/h2-11,14-16H,12-13,17H2,1H3,(H,28,31). The summed E-state index contributed by atoms with van der Waals surface area (Å²) in [6, 6.07) is 19.5. The predicted octanol–water partition coefficient (Wildman–Crippen LogP) is 4.01. The Morgan fingerprint density at radius 1 is 1.03 bits per heavy atom. The molecule has 0 atom stereocenters. The molecule has 0 saturated carbocycles. The Morgan fingerprint density at radius 2 is 1.91 bits per heavy atom. The Kier molecular flexibility index (Phi) is 5.73. The minimum atomic E-state index is -0.251. The molecule has 5 rings (SSSR count). The van der Waals surface area contributed by atoms with E-state index >= 15 is 0 Å². The minimum Gasteiger partial charge on any atom is -0.491 e. The van der Waals surface area contributed by atoms with E-state index < -0.39 is 0 Å². The van der Waals surface area contributed by atoms with Crippen molar-refractivity contribution in [1.82, 2.24) is 19.2 Å². The lowest BCUT2D eigenvalue weighted by Crippen LogP contribution is -2.14. The Labute approximate surface area is 190 Å². The van der Waals surface area contributed by atoms with Crippen molar-refractivity contribution in [1.29, 1.82) is 0 Å². The van der Waals surface area contributed by atoms with Gasteiger partial charge in [-0.3, -0.25) is 13.9 Å². The molecule has 0 fully saturated rings. The topological polar surface area (TPSA) is 82.7 Å². The number of pyridine rings is 1. The number of ether oxygens (including phenoxy) is 2. The third kappa shape index (κ3) is 4.28. The van der Waals surface area contributed by atoms with Gasteiger partial charge in [0, 0.05) is 24.8 Å². The van der Waals surface area contributed by atoms with Gasteiger partial charge in [0.2, 0.25) is 0 Å². The van der Waals surface area contributed by atoms with Crippen LogP contribution in [-0.2, 0) is 11.3 Å². The normalized spacial score (nSPS) is 11.2. The molecule has 0 aliphatic heterocycles. The van der Waals surface area contributed by atoms with Gasteiger partial charge in [0.15, 0.2) is 0 Å². The molecule has 0 unspecified atom stereocenters. The highest BCUT2D eigenvalue weighted by atomic mass is 16.5. The lowest BCUT2D eigenvalue weighted by molar-refractivity contribution is 0.102. The van der Waals surface area contributed by atoms with Crippen LogP contribution in [-0.4, -0.2) is 45.4 Å². The average Bonchev–Trinajstić information content (AvgIpc) is 3.45. The number of imidazole rings is 1. The van der Waals surface area contributed by atoms with Crippen LogP contribution in [0, 0.1) is 0 Å². The van der Waals surface area contributed by atoms with Crippen LogP contribution in [0.1, 0.15) is 16.1 Å². The van der Waals surface area contributed by atoms with E-state index in [0.29, 0.717) is 42.5 Å². The van der Waals surface area contributed by atoms with Crippen LogP contribution in [0.15, 0.2) is 79.3 Å². The van der Waals surface area contributed by atoms with Crippen LogP contribution in [0.2, 0.25) is 0 Å². The number of rotatable bonds is 8. The number of methoxy groups -OCH3 is 1. The smallest absolute Gasteiger partial charge is 0.274 e. The number of amides is 1. The van der Waals surface area contributed by atoms with Crippen LogP contribution in [0.4, 0.5) is 5.69 Å². The molecule has 0 spiro atoms. The number of hydrogen-bond acceptors (Lipinski definition) is 5.